The first-order valence-electron chi connectivity index (χ1n) is 9.87. The molecule has 2 aromatic heterocycles. The van der Waals surface area contributed by atoms with Crippen LogP contribution in [0.2, 0.25) is 0 Å². The van der Waals surface area contributed by atoms with Gasteiger partial charge >= 0.3 is 0 Å². The number of H-pyrrole nitrogens is 1. The fourth-order valence-electron chi connectivity index (χ4n) is 3.52. The standard InChI is InChI=1S/C23H25N5OS/c1-13-8-19-20(28-22(12-25)27-19)10-18(13)23(29)26-14(2)15-4-3-5-16(9-15)21-7-6-17(11-24)30-21/h3-10,14H,11-12,24-25H2,1-2H3,(H,26,29)(H,27,28)/t14-/m1/s1. The molecule has 0 fully saturated rings. The van der Waals surface area contributed by atoms with E-state index < -0.39 is 0 Å². The Bertz CT molecular complexity index is 1210. The highest BCUT2D eigenvalue weighted by Gasteiger charge is 2.16. The van der Waals surface area contributed by atoms with E-state index in [-0.39, 0.29) is 11.9 Å². The van der Waals surface area contributed by atoms with Crippen LogP contribution in [0.1, 0.15) is 45.2 Å². The van der Waals surface area contributed by atoms with Crippen molar-refractivity contribution in [1.82, 2.24) is 15.3 Å². The van der Waals surface area contributed by atoms with Crippen LogP contribution in [-0.2, 0) is 13.1 Å². The number of carbonyl (C=O) groups is 1. The number of thiophene rings is 1. The molecule has 6 nitrogen and oxygen atoms in total. The zero-order valence-corrected chi connectivity index (χ0v) is 17.8. The highest BCUT2D eigenvalue weighted by Crippen LogP contribution is 2.30. The summed E-state index contributed by atoms with van der Waals surface area (Å²) >= 11 is 1.69. The van der Waals surface area contributed by atoms with E-state index in [1.54, 1.807) is 11.3 Å². The van der Waals surface area contributed by atoms with Crippen molar-refractivity contribution >= 4 is 28.3 Å². The minimum absolute atomic E-state index is 0.113. The average molecular weight is 420 g/mol. The number of aryl methyl sites for hydroxylation is 1. The number of rotatable bonds is 6. The Labute approximate surface area is 179 Å². The summed E-state index contributed by atoms with van der Waals surface area (Å²) in [5.74, 6) is 0.594. The summed E-state index contributed by atoms with van der Waals surface area (Å²) in [6.07, 6.45) is 0. The predicted octanol–water partition coefficient (Wildman–Crippen LogP) is 4.01. The summed E-state index contributed by atoms with van der Waals surface area (Å²) in [6, 6.07) is 16.0. The molecule has 1 atom stereocenters. The molecule has 4 rings (SSSR count). The number of hydrogen-bond acceptors (Lipinski definition) is 5. The fourth-order valence-corrected chi connectivity index (χ4v) is 4.40. The van der Waals surface area contributed by atoms with Gasteiger partial charge in [-0.1, -0.05) is 18.2 Å². The molecule has 0 unspecified atom stereocenters. The van der Waals surface area contributed by atoms with Gasteiger partial charge in [-0.3, -0.25) is 4.79 Å². The Hall–Kier alpha value is -3.00. The minimum atomic E-state index is -0.136. The number of nitrogens with two attached hydrogens (primary N) is 2. The van der Waals surface area contributed by atoms with Gasteiger partial charge in [0.15, 0.2) is 0 Å². The normalized spacial score (nSPS) is 12.3. The quantitative estimate of drug-likeness (QED) is 0.378. The number of aromatic amines is 1. The van der Waals surface area contributed by atoms with Gasteiger partial charge in [0.25, 0.3) is 5.91 Å². The zero-order valence-electron chi connectivity index (χ0n) is 17.0. The maximum absolute atomic E-state index is 13.0. The van der Waals surface area contributed by atoms with E-state index in [2.05, 4.69) is 39.6 Å². The summed E-state index contributed by atoms with van der Waals surface area (Å²) in [4.78, 5) is 22.9. The first-order chi connectivity index (χ1) is 14.5. The Morgan fingerprint density at radius 2 is 2.00 bits per heavy atom. The molecule has 7 heteroatoms. The predicted molar refractivity (Wildman–Crippen MR) is 122 cm³/mol. The molecule has 0 saturated carbocycles. The average Bonchev–Trinajstić information content (AvgIpc) is 3.39. The third kappa shape index (κ3) is 4.00. The van der Waals surface area contributed by atoms with Gasteiger partial charge in [-0.2, -0.15) is 0 Å². The van der Waals surface area contributed by atoms with E-state index in [0.29, 0.717) is 24.5 Å². The number of benzene rings is 2. The van der Waals surface area contributed by atoms with Gasteiger partial charge in [0.1, 0.15) is 5.82 Å². The molecule has 154 valence electrons. The van der Waals surface area contributed by atoms with Crippen LogP contribution in [0.4, 0.5) is 0 Å². The van der Waals surface area contributed by atoms with Crippen LogP contribution in [0.3, 0.4) is 0 Å². The molecule has 2 aromatic carbocycles. The molecule has 0 bridgehead atoms. The van der Waals surface area contributed by atoms with Crippen LogP contribution in [0.5, 0.6) is 0 Å². The second-order valence-electron chi connectivity index (χ2n) is 7.36. The molecule has 0 spiro atoms. The number of fused-ring (bicyclic) bond motifs is 1. The molecule has 4 aromatic rings. The van der Waals surface area contributed by atoms with E-state index in [0.717, 1.165) is 32.6 Å². The van der Waals surface area contributed by atoms with E-state index >= 15 is 0 Å². The number of aromatic nitrogens is 2. The molecule has 2 heterocycles. The van der Waals surface area contributed by atoms with Crippen LogP contribution in [0, 0.1) is 6.92 Å². The number of carbonyl (C=O) groups excluding carboxylic acids is 1. The highest BCUT2D eigenvalue weighted by atomic mass is 32.1. The third-order valence-corrected chi connectivity index (χ3v) is 6.35. The molecule has 0 aliphatic carbocycles. The Morgan fingerprint density at radius 1 is 1.17 bits per heavy atom. The molecule has 6 N–H and O–H groups in total. The lowest BCUT2D eigenvalue weighted by atomic mass is 10.0. The first kappa shape index (κ1) is 20.3. The molecule has 0 saturated heterocycles. The first-order valence-corrected chi connectivity index (χ1v) is 10.7. The van der Waals surface area contributed by atoms with Crippen LogP contribution in [0.25, 0.3) is 21.5 Å². The molecular formula is C23H25N5OS. The Balaban J connectivity index is 1.55. The van der Waals surface area contributed by atoms with E-state index in [1.807, 2.05) is 38.1 Å². The number of amides is 1. The van der Waals surface area contributed by atoms with Gasteiger partial charge in [-0.25, -0.2) is 4.98 Å². The number of nitrogens with zero attached hydrogens (tertiary/aromatic N) is 1. The van der Waals surface area contributed by atoms with Crippen molar-refractivity contribution in [2.75, 3.05) is 0 Å². The maximum Gasteiger partial charge on any atom is 0.252 e. The summed E-state index contributed by atoms with van der Waals surface area (Å²) < 4.78 is 0. The minimum Gasteiger partial charge on any atom is -0.346 e. The molecule has 0 aliphatic heterocycles. The van der Waals surface area contributed by atoms with Gasteiger partial charge in [0.2, 0.25) is 0 Å². The van der Waals surface area contributed by atoms with E-state index in [9.17, 15) is 4.79 Å². The lowest BCUT2D eigenvalue weighted by Gasteiger charge is -2.16. The van der Waals surface area contributed by atoms with E-state index in [1.165, 1.54) is 4.88 Å². The van der Waals surface area contributed by atoms with Crippen molar-refractivity contribution in [3.8, 4) is 10.4 Å². The van der Waals surface area contributed by atoms with Gasteiger partial charge < -0.3 is 21.8 Å². The smallest absolute Gasteiger partial charge is 0.252 e. The van der Waals surface area contributed by atoms with Crippen molar-refractivity contribution < 1.29 is 4.79 Å². The number of imidazole rings is 1. The van der Waals surface area contributed by atoms with Gasteiger partial charge in [-0.05, 0) is 60.9 Å². The van der Waals surface area contributed by atoms with Gasteiger partial charge in [0.05, 0.1) is 23.6 Å². The summed E-state index contributed by atoms with van der Waals surface area (Å²) in [5.41, 5.74) is 16.7. The van der Waals surface area contributed by atoms with Crippen molar-refractivity contribution in [3.05, 3.63) is 75.9 Å². The molecule has 0 aliphatic rings. The molecular weight excluding hydrogens is 394 g/mol. The maximum atomic E-state index is 13.0. The second kappa shape index (κ2) is 8.39. The van der Waals surface area contributed by atoms with Crippen molar-refractivity contribution in [2.24, 2.45) is 11.5 Å². The number of nitrogens with one attached hydrogen (secondary N) is 2. The SMILES string of the molecule is Cc1cc2nc(CN)[nH]c2cc1C(=O)N[C@H](C)c1cccc(-c2ccc(CN)s2)c1. The zero-order chi connectivity index (χ0) is 21.3. The summed E-state index contributed by atoms with van der Waals surface area (Å²) in [6.45, 7) is 4.79. The molecule has 30 heavy (non-hydrogen) atoms. The fraction of sp³-hybridized carbons (Fsp3) is 0.217. The van der Waals surface area contributed by atoms with Gasteiger partial charge in [0, 0.05) is 21.9 Å². The Kier molecular flexibility index (Phi) is 5.67. The summed E-state index contributed by atoms with van der Waals surface area (Å²) in [5, 5.41) is 3.12. The third-order valence-electron chi connectivity index (χ3n) is 5.20. The van der Waals surface area contributed by atoms with Crippen molar-refractivity contribution in [3.63, 3.8) is 0 Å². The van der Waals surface area contributed by atoms with Crippen LogP contribution < -0.4 is 16.8 Å². The number of hydrogen-bond donors (Lipinski definition) is 4. The van der Waals surface area contributed by atoms with Gasteiger partial charge in [-0.15, -0.1) is 11.3 Å². The van der Waals surface area contributed by atoms with Crippen LogP contribution >= 0.6 is 11.3 Å². The molecule has 1 amide bonds. The molecule has 0 radical (unpaired) electrons. The largest absolute Gasteiger partial charge is 0.346 e. The second-order valence-corrected chi connectivity index (χ2v) is 8.53. The van der Waals surface area contributed by atoms with Crippen molar-refractivity contribution in [1.29, 1.82) is 0 Å². The van der Waals surface area contributed by atoms with Crippen LogP contribution in [0.15, 0.2) is 48.5 Å². The topological polar surface area (TPSA) is 110 Å². The van der Waals surface area contributed by atoms with Crippen molar-refractivity contribution in [2.45, 2.75) is 33.0 Å². The monoisotopic (exact) mass is 419 g/mol. The van der Waals surface area contributed by atoms with E-state index in [4.69, 9.17) is 11.5 Å². The lowest BCUT2D eigenvalue weighted by Crippen LogP contribution is -2.27. The highest BCUT2D eigenvalue weighted by molar-refractivity contribution is 7.15. The Morgan fingerprint density at radius 3 is 2.73 bits per heavy atom. The summed E-state index contributed by atoms with van der Waals surface area (Å²) in [7, 11) is 0. The van der Waals surface area contributed by atoms with Crippen LogP contribution in [-0.4, -0.2) is 15.9 Å². The lowest BCUT2D eigenvalue weighted by molar-refractivity contribution is 0.0939.